The van der Waals surface area contributed by atoms with Crippen molar-refractivity contribution in [3.8, 4) is 0 Å². The van der Waals surface area contributed by atoms with Crippen molar-refractivity contribution >= 4 is 24.0 Å². The molecule has 2 N–H and O–H groups in total. The molecular weight excluding hydrogens is 357 g/mol. The van der Waals surface area contributed by atoms with Gasteiger partial charge in [-0.25, -0.2) is 4.79 Å². The maximum atomic E-state index is 11.1. The summed E-state index contributed by atoms with van der Waals surface area (Å²) in [7, 11) is 0. The van der Waals surface area contributed by atoms with E-state index in [0.29, 0.717) is 5.75 Å². The van der Waals surface area contributed by atoms with Crippen LogP contribution in [0.15, 0.2) is 0 Å². The maximum Gasteiger partial charge on any atom is 0.438 e. The van der Waals surface area contributed by atoms with Crippen LogP contribution in [0.4, 0.5) is 0 Å². The lowest BCUT2D eigenvalue weighted by molar-refractivity contribution is -1.93. The molecule has 0 aliphatic carbocycles. The summed E-state index contributed by atoms with van der Waals surface area (Å²) in [5.41, 5.74) is 3.33. The second-order valence-electron chi connectivity index (χ2n) is 2.71. The Kier molecular flexibility index (Phi) is 6.69. The summed E-state index contributed by atoms with van der Waals surface area (Å²) in [4.78, 5) is 25.4. The number of rotatable bonds is 7. The molecule has 0 aromatic carbocycles. The average Bonchev–Trinajstić information content (AvgIpc) is 2.21. The zero-order valence-electron chi connectivity index (χ0n) is 8.21. The highest BCUT2D eigenvalue weighted by molar-refractivity contribution is 7.98. The Morgan fingerprint density at radius 3 is 2.50 bits per heavy atom. The molecule has 10 heteroatoms. The Bertz CT molecular complexity index is 258. The summed E-state index contributed by atoms with van der Waals surface area (Å²) in [6, 6.07) is 0. The van der Waals surface area contributed by atoms with Crippen molar-refractivity contribution < 1.29 is 48.1 Å². The first-order valence-electron chi connectivity index (χ1n) is 3.81. The third-order valence-corrected chi connectivity index (χ3v) is 2.73. The number of carbonyl (C=O) groups excluding carboxylic acids is 2. The van der Waals surface area contributed by atoms with E-state index in [0.717, 1.165) is 0 Å². The third kappa shape index (κ3) is 5.93. The molecule has 0 rings (SSSR count). The van der Waals surface area contributed by atoms with E-state index in [4.69, 9.17) is 5.73 Å². The molecule has 0 saturated heterocycles. The number of halogens is 1. The highest BCUT2D eigenvalue weighted by Gasteiger charge is 2.41. The van der Waals surface area contributed by atoms with Gasteiger partial charge in [0.2, 0.25) is 0 Å². The normalized spacial score (nSPS) is 15.3. The second kappa shape index (κ2) is 6.68. The lowest BCUT2D eigenvalue weighted by atomic mass is 10.0. The lowest BCUT2D eigenvalue weighted by Crippen LogP contribution is -4.24. The van der Waals surface area contributed by atoms with Crippen LogP contribution >= 0.6 is 11.8 Å². The zero-order chi connectivity index (χ0) is 12.8. The first-order chi connectivity index (χ1) is 7.25. The van der Waals surface area contributed by atoms with Crippen LogP contribution in [-0.2, 0) is 17.7 Å². The predicted molar refractivity (Wildman–Crippen MR) is 43.2 cm³/mol. The highest BCUT2D eigenvalue weighted by atomic mass is 127. The van der Waals surface area contributed by atoms with Crippen LogP contribution in [0.25, 0.3) is 0 Å². The van der Waals surface area contributed by atoms with Crippen LogP contribution in [0, 0.1) is 0 Å². The second-order valence-corrected chi connectivity index (χ2v) is 6.22. The number of thioether (sulfide) groups is 1. The number of carbonyl (C=O) groups is 2. The molecule has 0 spiro atoms. The van der Waals surface area contributed by atoms with Gasteiger partial charge in [0.1, 0.15) is 0 Å². The SMILES string of the molecule is CSCCC(N)(C=O)C(=O)OO[I+3]([O-])([O-])[O-]. The predicted octanol–water partition coefficient (Wildman–Crippen LogP) is -6.99. The number of hydrogen-bond acceptors (Lipinski definition) is 9. The fraction of sp³-hybridized carbons (Fsp3) is 0.667. The van der Waals surface area contributed by atoms with Crippen LogP contribution < -0.4 is 36.1 Å². The molecule has 0 aromatic rings. The minimum atomic E-state index is -6.11. The minimum absolute atomic E-state index is 0.0599. The van der Waals surface area contributed by atoms with Gasteiger partial charge in [-0.05, 0) is 18.4 Å². The van der Waals surface area contributed by atoms with Crippen molar-refractivity contribution in [1.82, 2.24) is 0 Å². The van der Waals surface area contributed by atoms with Crippen molar-refractivity contribution in [2.75, 3.05) is 12.0 Å². The van der Waals surface area contributed by atoms with Crippen molar-refractivity contribution in [3.05, 3.63) is 0 Å². The van der Waals surface area contributed by atoms with Gasteiger partial charge in [0.05, 0.1) is 0 Å². The van der Waals surface area contributed by atoms with Gasteiger partial charge in [0, 0.05) is 0 Å². The van der Waals surface area contributed by atoms with Crippen molar-refractivity contribution in [2.24, 2.45) is 5.73 Å². The van der Waals surface area contributed by atoms with E-state index in [-0.39, 0.29) is 12.7 Å². The molecule has 0 saturated carbocycles. The molecule has 0 aliphatic heterocycles. The van der Waals surface area contributed by atoms with E-state index in [2.05, 4.69) is 8.10 Å². The zero-order valence-corrected chi connectivity index (χ0v) is 11.2. The monoisotopic (exact) mass is 367 g/mol. The van der Waals surface area contributed by atoms with Gasteiger partial charge >= 0.3 is 26.1 Å². The topological polar surface area (TPSA) is 148 Å². The molecule has 0 aliphatic rings. The van der Waals surface area contributed by atoms with Gasteiger partial charge in [-0.1, -0.05) is 0 Å². The minimum Gasteiger partial charge on any atom is -0.310 e. The van der Waals surface area contributed by atoms with Crippen molar-refractivity contribution in [3.63, 3.8) is 0 Å². The van der Waals surface area contributed by atoms with Crippen molar-refractivity contribution in [1.29, 1.82) is 0 Å². The van der Waals surface area contributed by atoms with Crippen LogP contribution in [0.5, 0.6) is 0 Å². The maximum absolute atomic E-state index is 11.1. The standard InChI is InChI=1S/C6H10INO7S/c1-16-3-2-6(8,4-9)5(10)14-15-7(11,12)13/h4H,2-3,8H2,1H3. The molecule has 1 atom stereocenters. The van der Waals surface area contributed by atoms with Crippen LogP contribution in [0.2, 0.25) is 0 Å². The largest absolute Gasteiger partial charge is 0.438 e. The molecule has 0 heterocycles. The van der Waals surface area contributed by atoms with Gasteiger partial charge in [0.25, 0.3) is 3.22 Å². The average molecular weight is 367 g/mol. The fourth-order valence-electron chi connectivity index (χ4n) is 0.625. The Morgan fingerprint density at radius 2 is 2.12 bits per heavy atom. The first kappa shape index (κ1) is 16.0. The summed E-state index contributed by atoms with van der Waals surface area (Å²) in [6.45, 7) is 0. The smallest absolute Gasteiger partial charge is 0.310 e. The third-order valence-electron chi connectivity index (χ3n) is 1.49. The molecule has 0 fully saturated rings. The van der Waals surface area contributed by atoms with Crippen LogP contribution in [0.1, 0.15) is 6.42 Å². The quantitative estimate of drug-likeness (QED) is 0.152. The Labute approximate surface area is 102 Å². The number of nitrogens with two attached hydrogens (primary N) is 1. The summed E-state index contributed by atoms with van der Waals surface area (Å²) in [6.07, 6.45) is 1.78. The molecule has 94 valence electrons. The lowest BCUT2D eigenvalue weighted by Gasteiger charge is -2.17. The fourth-order valence-corrected chi connectivity index (χ4v) is 1.55. The Balaban J connectivity index is 4.35. The number of aldehydes is 1. The molecule has 1 unspecified atom stereocenters. The van der Waals surface area contributed by atoms with E-state index in [1.165, 1.54) is 11.8 Å². The van der Waals surface area contributed by atoms with Gasteiger partial charge in [-0.3, -0.25) is 10.3 Å². The van der Waals surface area contributed by atoms with Gasteiger partial charge < -0.3 is 10.5 Å². The molecule has 16 heavy (non-hydrogen) atoms. The Morgan fingerprint density at radius 1 is 1.56 bits per heavy atom. The van der Waals surface area contributed by atoms with Gasteiger partial charge in [0.15, 0.2) is 11.8 Å². The molecule has 8 nitrogen and oxygen atoms in total. The first-order valence-corrected chi connectivity index (χ1v) is 8.72. The molecule has 0 radical (unpaired) electrons. The highest BCUT2D eigenvalue weighted by Crippen LogP contribution is 2.09. The van der Waals surface area contributed by atoms with E-state index in [1.54, 1.807) is 6.26 Å². The van der Waals surface area contributed by atoms with E-state index in [1.807, 2.05) is 0 Å². The van der Waals surface area contributed by atoms with E-state index in [9.17, 15) is 19.9 Å². The molecule has 0 aromatic heterocycles. The van der Waals surface area contributed by atoms with E-state index < -0.39 is 31.6 Å². The summed E-state index contributed by atoms with van der Waals surface area (Å²) < 4.78 is 33.6. The molecular formula is C6H10INO7S. The number of hydrogen-bond donors (Lipinski definition) is 1. The van der Waals surface area contributed by atoms with Crippen molar-refractivity contribution in [2.45, 2.75) is 12.0 Å². The summed E-state index contributed by atoms with van der Waals surface area (Å²) in [5, 5.41) is 0. The summed E-state index contributed by atoms with van der Waals surface area (Å²) in [5.74, 6) is -1.03. The van der Waals surface area contributed by atoms with Crippen LogP contribution in [0.3, 0.4) is 0 Å². The van der Waals surface area contributed by atoms with Gasteiger partial charge in [-0.2, -0.15) is 16.6 Å². The van der Waals surface area contributed by atoms with Gasteiger partial charge in [-0.15, -0.1) is 0 Å². The van der Waals surface area contributed by atoms with Crippen LogP contribution in [-0.4, -0.2) is 29.8 Å². The molecule has 0 amide bonds. The van der Waals surface area contributed by atoms with E-state index >= 15 is 0 Å². The summed E-state index contributed by atoms with van der Waals surface area (Å²) >= 11 is -4.78. The molecule has 0 bridgehead atoms. The Hall–Kier alpha value is 0.0200.